The van der Waals surface area contributed by atoms with Crippen LogP contribution in [0.3, 0.4) is 0 Å². The first kappa shape index (κ1) is 16.2. The fraction of sp³-hybridized carbons (Fsp3) is 0.111. The molecule has 0 aliphatic heterocycles. The number of hydrogen-bond acceptors (Lipinski definition) is 3. The molecular weight excluding hydrogens is 326 g/mol. The van der Waals surface area contributed by atoms with E-state index in [0.29, 0.717) is 22.6 Å². The number of benzene rings is 2. The van der Waals surface area contributed by atoms with Crippen LogP contribution < -0.4 is 16.2 Å². The summed E-state index contributed by atoms with van der Waals surface area (Å²) in [7, 11) is 0. The van der Waals surface area contributed by atoms with Crippen molar-refractivity contribution in [3.05, 3.63) is 75.7 Å². The van der Waals surface area contributed by atoms with Crippen LogP contribution in [0, 0.1) is 0 Å². The number of carbonyl (C=O) groups is 1. The number of anilines is 1. The molecule has 24 heavy (non-hydrogen) atoms. The summed E-state index contributed by atoms with van der Waals surface area (Å²) in [6, 6.07) is 14.8. The molecule has 6 heteroatoms. The number of nitrogens with one attached hydrogen (secondary N) is 3. The van der Waals surface area contributed by atoms with E-state index in [-0.39, 0.29) is 18.0 Å². The average molecular weight is 342 g/mol. The Kier molecular flexibility index (Phi) is 4.93. The number of aromatic amines is 1. The molecule has 5 nitrogen and oxygen atoms in total. The molecule has 1 heterocycles. The lowest BCUT2D eigenvalue weighted by molar-refractivity contribution is -0.115. The summed E-state index contributed by atoms with van der Waals surface area (Å²) >= 11 is 6.16. The Labute approximate surface area is 143 Å². The minimum absolute atomic E-state index is 0.165. The highest BCUT2D eigenvalue weighted by atomic mass is 35.5. The van der Waals surface area contributed by atoms with E-state index in [9.17, 15) is 9.59 Å². The minimum atomic E-state index is -0.211. The van der Waals surface area contributed by atoms with Crippen LogP contribution in [-0.4, -0.2) is 17.4 Å². The molecule has 0 spiro atoms. The molecule has 3 rings (SSSR count). The van der Waals surface area contributed by atoms with Crippen molar-refractivity contribution >= 4 is 34.0 Å². The van der Waals surface area contributed by atoms with Gasteiger partial charge in [-0.15, -0.1) is 0 Å². The van der Waals surface area contributed by atoms with Crippen molar-refractivity contribution in [2.45, 2.75) is 6.54 Å². The molecule has 0 aliphatic rings. The molecular formula is C18H16ClN3O2. The molecule has 0 radical (unpaired) electrons. The maximum absolute atomic E-state index is 12.1. The second-order valence-corrected chi connectivity index (χ2v) is 5.77. The maximum atomic E-state index is 12.1. The zero-order chi connectivity index (χ0) is 16.9. The van der Waals surface area contributed by atoms with E-state index < -0.39 is 0 Å². The van der Waals surface area contributed by atoms with E-state index in [0.717, 1.165) is 10.9 Å². The van der Waals surface area contributed by atoms with Gasteiger partial charge in [0.1, 0.15) is 0 Å². The summed E-state index contributed by atoms with van der Waals surface area (Å²) in [4.78, 5) is 26.4. The van der Waals surface area contributed by atoms with Crippen LogP contribution in [0.4, 0.5) is 5.69 Å². The van der Waals surface area contributed by atoms with Crippen LogP contribution in [0.25, 0.3) is 10.8 Å². The molecule has 0 saturated heterocycles. The predicted octanol–water partition coefficient (Wildman–Crippen LogP) is 2.91. The minimum Gasteiger partial charge on any atom is -0.329 e. The van der Waals surface area contributed by atoms with Gasteiger partial charge in [-0.2, -0.15) is 0 Å². The number of hydrogen-bond donors (Lipinski definition) is 3. The van der Waals surface area contributed by atoms with Crippen molar-refractivity contribution in [3.8, 4) is 0 Å². The number of pyridine rings is 1. The van der Waals surface area contributed by atoms with Gasteiger partial charge >= 0.3 is 0 Å². The van der Waals surface area contributed by atoms with Gasteiger partial charge in [-0.3, -0.25) is 9.59 Å². The van der Waals surface area contributed by atoms with Gasteiger partial charge in [0, 0.05) is 18.1 Å². The molecule has 0 bridgehead atoms. The van der Waals surface area contributed by atoms with Gasteiger partial charge in [0.05, 0.1) is 17.3 Å². The van der Waals surface area contributed by atoms with E-state index in [1.54, 1.807) is 24.4 Å². The smallest absolute Gasteiger partial charge is 0.255 e. The first-order valence-electron chi connectivity index (χ1n) is 7.49. The molecule has 0 unspecified atom stereocenters. The third kappa shape index (κ3) is 3.82. The van der Waals surface area contributed by atoms with E-state index in [2.05, 4.69) is 15.6 Å². The van der Waals surface area contributed by atoms with Crippen LogP contribution in [0.15, 0.2) is 59.5 Å². The zero-order valence-corrected chi connectivity index (χ0v) is 13.6. The van der Waals surface area contributed by atoms with E-state index in [4.69, 9.17) is 11.6 Å². The highest BCUT2D eigenvalue weighted by molar-refractivity contribution is 6.34. The topological polar surface area (TPSA) is 74.0 Å². The van der Waals surface area contributed by atoms with Crippen molar-refractivity contribution in [3.63, 3.8) is 0 Å². The van der Waals surface area contributed by atoms with Gasteiger partial charge in [-0.05, 0) is 29.1 Å². The fourth-order valence-corrected chi connectivity index (χ4v) is 2.63. The summed E-state index contributed by atoms with van der Waals surface area (Å²) in [6.07, 6.45) is 1.56. The zero-order valence-electron chi connectivity index (χ0n) is 12.8. The summed E-state index contributed by atoms with van der Waals surface area (Å²) in [5.74, 6) is -0.197. The first-order chi connectivity index (χ1) is 11.6. The quantitative estimate of drug-likeness (QED) is 0.668. The second-order valence-electron chi connectivity index (χ2n) is 5.36. The molecule has 0 fully saturated rings. The number of H-pyrrole nitrogens is 1. The average Bonchev–Trinajstić information content (AvgIpc) is 2.57. The Bertz CT molecular complexity index is 922. The Hall–Kier alpha value is -2.63. The molecule has 0 atom stereocenters. The van der Waals surface area contributed by atoms with Gasteiger partial charge in [0.25, 0.3) is 5.56 Å². The fourth-order valence-electron chi connectivity index (χ4n) is 2.42. The lowest BCUT2D eigenvalue weighted by Gasteiger charge is -2.09. The Balaban J connectivity index is 1.65. The second kappa shape index (κ2) is 7.29. The lowest BCUT2D eigenvalue weighted by atomic mass is 10.1. The number of rotatable bonds is 5. The predicted molar refractivity (Wildman–Crippen MR) is 96.4 cm³/mol. The summed E-state index contributed by atoms with van der Waals surface area (Å²) in [5.41, 5.74) is 1.38. The normalized spacial score (nSPS) is 10.7. The van der Waals surface area contributed by atoms with Crippen LogP contribution in [0.2, 0.25) is 5.02 Å². The molecule has 1 aromatic heterocycles. The van der Waals surface area contributed by atoms with Crippen LogP contribution in [-0.2, 0) is 11.3 Å². The molecule has 1 amide bonds. The van der Waals surface area contributed by atoms with Crippen molar-refractivity contribution in [2.75, 3.05) is 11.9 Å². The number of halogens is 1. The number of aromatic nitrogens is 1. The molecule has 3 aromatic rings. The van der Waals surface area contributed by atoms with Crippen LogP contribution in [0.5, 0.6) is 0 Å². The van der Waals surface area contributed by atoms with Gasteiger partial charge in [-0.25, -0.2) is 0 Å². The van der Waals surface area contributed by atoms with Gasteiger partial charge < -0.3 is 15.6 Å². The number of fused-ring (bicyclic) bond motifs is 1. The van der Waals surface area contributed by atoms with Crippen molar-refractivity contribution in [1.82, 2.24) is 10.3 Å². The molecule has 2 aromatic carbocycles. The van der Waals surface area contributed by atoms with E-state index in [1.807, 2.05) is 30.3 Å². The van der Waals surface area contributed by atoms with Crippen molar-refractivity contribution in [2.24, 2.45) is 0 Å². The number of amides is 1. The van der Waals surface area contributed by atoms with Crippen LogP contribution >= 0.6 is 11.6 Å². The maximum Gasteiger partial charge on any atom is 0.255 e. The third-order valence-corrected chi connectivity index (χ3v) is 3.91. The molecule has 122 valence electrons. The molecule has 0 aliphatic carbocycles. The van der Waals surface area contributed by atoms with Gasteiger partial charge in [-0.1, -0.05) is 41.9 Å². The van der Waals surface area contributed by atoms with Gasteiger partial charge in [0.2, 0.25) is 5.91 Å². The highest BCUT2D eigenvalue weighted by Crippen LogP contribution is 2.26. The Morgan fingerprint density at radius 1 is 1.12 bits per heavy atom. The SMILES string of the molecule is O=C(CNCc1ccccc1)Nc1cc2cc[nH]c(=O)c2cc1Cl. The lowest BCUT2D eigenvalue weighted by Crippen LogP contribution is -2.27. The largest absolute Gasteiger partial charge is 0.329 e. The number of carbonyl (C=O) groups excluding carboxylic acids is 1. The van der Waals surface area contributed by atoms with Gasteiger partial charge in [0.15, 0.2) is 0 Å². The monoisotopic (exact) mass is 341 g/mol. The van der Waals surface area contributed by atoms with E-state index >= 15 is 0 Å². The Morgan fingerprint density at radius 3 is 2.71 bits per heavy atom. The summed E-state index contributed by atoms with van der Waals surface area (Å²) in [5, 5.41) is 7.38. The van der Waals surface area contributed by atoms with Crippen LogP contribution in [0.1, 0.15) is 5.56 Å². The van der Waals surface area contributed by atoms with Crippen molar-refractivity contribution < 1.29 is 4.79 Å². The first-order valence-corrected chi connectivity index (χ1v) is 7.87. The molecule has 3 N–H and O–H groups in total. The van der Waals surface area contributed by atoms with E-state index in [1.165, 1.54) is 0 Å². The van der Waals surface area contributed by atoms with Crippen molar-refractivity contribution in [1.29, 1.82) is 0 Å². The Morgan fingerprint density at radius 2 is 1.92 bits per heavy atom. The third-order valence-electron chi connectivity index (χ3n) is 3.59. The standard InChI is InChI=1S/C18H16ClN3O2/c19-15-9-14-13(6-7-21-18(14)24)8-16(15)22-17(23)11-20-10-12-4-2-1-3-5-12/h1-9,20H,10-11H2,(H,21,24)(H,22,23). The molecule has 0 saturated carbocycles. The summed E-state index contributed by atoms with van der Waals surface area (Å²) < 4.78 is 0. The highest BCUT2D eigenvalue weighted by Gasteiger charge is 2.09. The summed E-state index contributed by atoms with van der Waals surface area (Å²) in [6.45, 7) is 0.772.